The lowest BCUT2D eigenvalue weighted by atomic mass is 10.1. The number of nitrogens with one attached hydrogen (secondary N) is 2. The SMILES string of the molecule is CO[C@H](CNC(=O)C(=O)Nc1cccc(Cl)c1C)c1cccc(F)c1. The predicted octanol–water partition coefficient (Wildman–Crippen LogP) is 3.23. The number of ether oxygens (including phenoxy) is 1. The summed E-state index contributed by atoms with van der Waals surface area (Å²) in [5, 5.41) is 5.47. The van der Waals surface area contributed by atoms with Crippen molar-refractivity contribution < 1.29 is 18.7 Å². The Kier molecular flexibility index (Phi) is 6.50. The number of hydrogen-bond acceptors (Lipinski definition) is 3. The minimum atomic E-state index is -0.821. The summed E-state index contributed by atoms with van der Waals surface area (Å²) in [5.74, 6) is -2.04. The molecule has 2 aromatic carbocycles. The Morgan fingerprint density at radius 1 is 1.20 bits per heavy atom. The van der Waals surface area contributed by atoms with Gasteiger partial charge in [-0.15, -0.1) is 0 Å². The van der Waals surface area contributed by atoms with E-state index in [1.54, 1.807) is 37.3 Å². The van der Waals surface area contributed by atoms with Gasteiger partial charge in [0.2, 0.25) is 0 Å². The second-order valence-electron chi connectivity index (χ2n) is 5.36. The van der Waals surface area contributed by atoms with Crippen LogP contribution < -0.4 is 10.6 Å². The lowest BCUT2D eigenvalue weighted by Crippen LogP contribution is -2.38. The Morgan fingerprint density at radius 2 is 1.92 bits per heavy atom. The van der Waals surface area contributed by atoms with E-state index in [4.69, 9.17) is 16.3 Å². The Morgan fingerprint density at radius 3 is 2.60 bits per heavy atom. The van der Waals surface area contributed by atoms with Gasteiger partial charge in [0.1, 0.15) is 5.82 Å². The highest BCUT2D eigenvalue weighted by Gasteiger charge is 2.18. The van der Waals surface area contributed by atoms with Gasteiger partial charge in [-0.05, 0) is 42.3 Å². The average molecular weight is 365 g/mol. The normalized spacial score (nSPS) is 11.7. The zero-order valence-electron chi connectivity index (χ0n) is 13.8. The molecule has 0 aliphatic carbocycles. The highest BCUT2D eigenvalue weighted by Crippen LogP contribution is 2.22. The van der Waals surface area contributed by atoms with Crippen LogP contribution in [0.4, 0.5) is 10.1 Å². The number of hydrogen-bond donors (Lipinski definition) is 2. The molecular weight excluding hydrogens is 347 g/mol. The van der Waals surface area contributed by atoms with Crippen LogP contribution in [-0.4, -0.2) is 25.5 Å². The molecule has 0 spiro atoms. The van der Waals surface area contributed by atoms with Gasteiger partial charge in [-0.25, -0.2) is 4.39 Å². The van der Waals surface area contributed by atoms with Gasteiger partial charge in [0.25, 0.3) is 0 Å². The number of methoxy groups -OCH3 is 1. The third-order valence-corrected chi connectivity index (χ3v) is 4.08. The molecule has 0 radical (unpaired) electrons. The first-order chi connectivity index (χ1) is 11.9. The highest BCUT2D eigenvalue weighted by molar-refractivity contribution is 6.40. The van der Waals surface area contributed by atoms with Crippen molar-refractivity contribution in [1.82, 2.24) is 5.32 Å². The molecule has 0 aliphatic rings. The zero-order valence-corrected chi connectivity index (χ0v) is 14.6. The van der Waals surface area contributed by atoms with Crippen molar-refractivity contribution >= 4 is 29.1 Å². The van der Waals surface area contributed by atoms with E-state index in [1.165, 1.54) is 19.2 Å². The Hall–Kier alpha value is -2.44. The molecule has 1 atom stereocenters. The summed E-state index contributed by atoms with van der Waals surface area (Å²) in [6.07, 6.45) is -0.569. The molecule has 2 rings (SSSR count). The minimum Gasteiger partial charge on any atom is -0.375 e. The second-order valence-corrected chi connectivity index (χ2v) is 5.76. The molecule has 0 heterocycles. The fraction of sp³-hybridized carbons (Fsp3) is 0.222. The van der Waals surface area contributed by atoms with Crippen LogP contribution in [0.15, 0.2) is 42.5 Å². The Bertz CT molecular complexity index is 783. The Balaban J connectivity index is 1.96. The highest BCUT2D eigenvalue weighted by atomic mass is 35.5. The lowest BCUT2D eigenvalue weighted by molar-refractivity contribution is -0.136. The topological polar surface area (TPSA) is 67.4 Å². The van der Waals surface area contributed by atoms with Crippen LogP contribution in [0.25, 0.3) is 0 Å². The van der Waals surface area contributed by atoms with E-state index in [0.717, 1.165) is 0 Å². The number of anilines is 1. The summed E-state index contributed by atoms with van der Waals surface area (Å²) in [4.78, 5) is 24.0. The molecule has 0 saturated carbocycles. The number of carbonyl (C=O) groups excluding carboxylic acids is 2. The summed E-state index contributed by atoms with van der Waals surface area (Å²) in [5.41, 5.74) is 1.69. The van der Waals surface area contributed by atoms with Gasteiger partial charge in [-0.1, -0.05) is 29.8 Å². The van der Waals surface area contributed by atoms with Crippen LogP contribution in [0.3, 0.4) is 0 Å². The first-order valence-corrected chi connectivity index (χ1v) is 7.92. The number of benzene rings is 2. The fourth-order valence-corrected chi connectivity index (χ4v) is 2.41. The molecule has 25 heavy (non-hydrogen) atoms. The van der Waals surface area contributed by atoms with Crippen molar-refractivity contribution in [3.63, 3.8) is 0 Å². The van der Waals surface area contributed by atoms with Crippen LogP contribution in [0.2, 0.25) is 5.02 Å². The largest absolute Gasteiger partial charge is 0.375 e. The van der Waals surface area contributed by atoms with Gasteiger partial charge in [0, 0.05) is 24.4 Å². The first kappa shape index (κ1) is 18.9. The summed E-state index contributed by atoms with van der Waals surface area (Å²) < 4.78 is 18.5. The zero-order chi connectivity index (χ0) is 18.4. The van der Waals surface area contributed by atoms with Crippen LogP contribution in [0.5, 0.6) is 0 Å². The van der Waals surface area contributed by atoms with Crippen molar-refractivity contribution in [2.75, 3.05) is 19.0 Å². The van der Waals surface area contributed by atoms with E-state index >= 15 is 0 Å². The minimum absolute atomic E-state index is 0.0285. The van der Waals surface area contributed by atoms with E-state index in [0.29, 0.717) is 21.8 Å². The maximum Gasteiger partial charge on any atom is 0.313 e. The molecule has 0 aromatic heterocycles. The van der Waals surface area contributed by atoms with E-state index in [-0.39, 0.29) is 6.54 Å². The van der Waals surface area contributed by atoms with Gasteiger partial charge in [-0.3, -0.25) is 9.59 Å². The van der Waals surface area contributed by atoms with Gasteiger partial charge in [0.05, 0.1) is 6.10 Å². The molecule has 0 saturated heterocycles. The van der Waals surface area contributed by atoms with E-state index in [1.807, 2.05) is 0 Å². The molecule has 5 nitrogen and oxygen atoms in total. The molecule has 2 N–H and O–H groups in total. The molecule has 132 valence electrons. The summed E-state index contributed by atoms with van der Waals surface area (Å²) in [6, 6.07) is 10.9. The molecular formula is C18H18ClFN2O3. The number of carbonyl (C=O) groups is 2. The summed E-state index contributed by atoms with van der Waals surface area (Å²) >= 11 is 5.98. The van der Waals surface area contributed by atoms with Gasteiger partial charge in [0.15, 0.2) is 0 Å². The maximum absolute atomic E-state index is 13.3. The molecule has 7 heteroatoms. The number of amides is 2. The first-order valence-electron chi connectivity index (χ1n) is 7.55. The van der Waals surface area contributed by atoms with Crippen LogP contribution in [0, 0.1) is 12.7 Å². The molecule has 2 amide bonds. The Labute approximate surface area is 150 Å². The predicted molar refractivity (Wildman–Crippen MR) is 94.0 cm³/mol. The van der Waals surface area contributed by atoms with Crippen molar-refractivity contribution in [3.05, 3.63) is 64.4 Å². The number of rotatable bonds is 5. The standard InChI is InChI=1S/C18H18ClFN2O3/c1-11-14(19)7-4-8-15(11)22-18(24)17(23)21-10-16(25-2)12-5-3-6-13(20)9-12/h3-9,16H,10H2,1-2H3,(H,21,23)(H,22,24)/t16-/m1/s1. The molecule has 2 aromatic rings. The van der Waals surface area contributed by atoms with Crippen molar-refractivity contribution in [2.24, 2.45) is 0 Å². The maximum atomic E-state index is 13.3. The summed E-state index contributed by atoms with van der Waals surface area (Å²) in [7, 11) is 1.44. The van der Waals surface area contributed by atoms with Crippen molar-refractivity contribution in [3.8, 4) is 0 Å². The van der Waals surface area contributed by atoms with Gasteiger partial charge in [-0.2, -0.15) is 0 Å². The smallest absolute Gasteiger partial charge is 0.313 e. The molecule has 0 fully saturated rings. The molecule has 0 aliphatic heterocycles. The van der Waals surface area contributed by atoms with E-state index < -0.39 is 23.7 Å². The molecule has 0 bridgehead atoms. The van der Waals surface area contributed by atoms with Crippen LogP contribution >= 0.6 is 11.6 Å². The quantitative estimate of drug-likeness (QED) is 0.800. The third-order valence-electron chi connectivity index (χ3n) is 3.68. The lowest BCUT2D eigenvalue weighted by Gasteiger charge is -2.16. The van der Waals surface area contributed by atoms with E-state index in [9.17, 15) is 14.0 Å². The fourth-order valence-electron chi connectivity index (χ4n) is 2.23. The average Bonchev–Trinajstić information content (AvgIpc) is 2.59. The monoisotopic (exact) mass is 364 g/mol. The number of halogens is 2. The third kappa shape index (κ3) is 5.01. The van der Waals surface area contributed by atoms with E-state index in [2.05, 4.69) is 10.6 Å². The summed E-state index contributed by atoms with van der Waals surface area (Å²) in [6.45, 7) is 1.77. The second kappa shape index (κ2) is 8.60. The van der Waals surface area contributed by atoms with Crippen molar-refractivity contribution in [1.29, 1.82) is 0 Å². The molecule has 0 unspecified atom stereocenters. The van der Waals surface area contributed by atoms with Crippen LogP contribution in [-0.2, 0) is 14.3 Å². The van der Waals surface area contributed by atoms with Gasteiger partial charge >= 0.3 is 11.8 Å². The van der Waals surface area contributed by atoms with Crippen molar-refractivity contribution in [2.45, 2.75) is 13.0 Å². The van der Waals surface area contributed by atoms with Crippen LogP contribution in [0.1, 0.15) is 17.2 Å². The van der Waals surface area contributed by atoms with Gasteiger partial charge < -0.3 is 15.4 Å².